The number of hydrazine groups is 1. The molecule has 0 radical (unpaired) electrons. The van der Waals surface area contributed by atoms with Gasteiger partial charge >= 0.3 is 0 Å². The normalized spacial score (nSPS) is 8.40. The van der Waals surface area contributed by atoms with E-state index in [0.29, 0.717) is 5.69 Å². The Morgan fingerprint density at radius 3 is 2.30 bits per heavy atom. The summed E-state index contributed by atoms with van der Waals surface area (Å²) < 4.78 is 0. The summed E-state index contributed by atoms with van der Waals surface area (Å²) in [5.41, 5.74) is 2.52. The quantitative estimate of drug-likeness (QED) is 0.480. The van der Waals surface area contributed by atoms with Crippen molar-refractivity contribution in [2.75, 3.05) is 5.43 Å². The summed E-state index contributed by atoms with van der Waals surface area (Å²) in [6.45, 7) is 0. The minimum atomic E-state index is -0.588. The second-order valence-electron chi connectivity index (χ2n) is 3.16. The minimum absolute atomic E-state index is 0.493. The van der Waals surface area contributed by atoms with Crippen LogP contribution >= 0.6 is 0 Å². The number of para-hydroxylation sites is 1. The monoisotopic (exact) mass is 275 g/mol. The summed E-state index contributed by atoms with van der Waals surface area (Å²) >= 11 is 0. The third-order valence-corrected chi connectivity index (χ3v) is 1.73. The van der Waals surface area contributed by atoms with Crippen molar-refractivity contribution in [3.8, 4) is 0 Å². The zero-order chi connectivity index (χ0) is 14.5. The highest BCUT2D eigenvalue weighted by molar-refractivity contribution is 5.39. The lowest BCUT2D eigenvalue weighted by atomic mass is 10.3. The van der Waals surface area contributed by atoms with Crippen LogP contribution in [-0.4, -0.2) is 30.4 Å². The van der Waals surface area contributed by atoms with Crippen LogP contribution in [0.15, 0.2) is 61.4 Å². The van der Waals surface area contributed by atoms with Crippen LogP contribution in [0.4, 0.5) is 5.69 Å². The van der Waals surface area contributed by atoms with Gasteiger partial charge in [0, 0.05) is 18.6 Å². The molecule has 0 atom stereocenters. The van der Waals surface area contributed by atoms with Crippen LogP contribution in [-0.2, 0) is 0 Å². The molecule has 0 amide bonds. The maximum absolute atomic E-state index is 9.86. The van der Waals surface area contributed by atoms with Gasteiger partial charge < -0.3 is 4.98 Å². The third-order valence-electron chi connectivity index (χ3n) is 1.73. The van der Waals surface area contributed by atoms with E-state index in [2.05, 4.69) is 25.4 Å². The first-order valence-electron chi connectivity index (χ1n) is 5.48. The smallest absolute Gasteiger partial charge is 0.162 e. The van der Waals surface area contributed by atoms with Gasteiger partial charge in [-0.2, -0.15) is 0 Å². The summed E-state index contributed by atoms with van der Waals surface area (Å²) in [4.78, 5) is 16.3. The Balaban J connectivity index is 0.000000167. The molecule has 0 saturated carbocycles. The molecule has 104 valence electrons. The van der Waals surface area contributed by atoms with Crippen LogP contribution < -0.4 is 5.43 Å². The molecule has 0 aliphatic carbocycles. The van der Waals surface area contributed by atoms with Crippen molar-refractivity contribution in [3.63, 3.8) is 0 Å². The number of hydrogen-bond acceptors (Lipinski definition) is 5. The van der Waals surface area contributed by atoms with Crippen LogP contribution in [0, 0.1) is 10.1 Å². The molecular formula is C11H13N7O2. The summed E-state index contributed by atoms with van der Waals surface area (Å²) in [7, 11) is 0. The summed E-state index contributed by atoms with van der Waals surface area (Å²) in [5.74, 6) is 0. The lowest BCUT2D eigenvalue weighted by Gasteiger charge is -1.93. The Kier molecular flexibility index (Phi) is 7.24. The van der Waals surface area contributed by atoms with Crippen molar-refractivity contribution < 1.29 is 5.03 Å². The maximum atomic E-state index is 9.86. The Hall–Kier alpha value is -3.23. The zero-order valence-corrected chi connectivity index (χ0v) is 10.4. The van der Waals surface area contributed by atoms with E-state index in [0.717, 1.165) is 0 Å². The van der Waals surface area contributed by atoms with Gasteiger partial charge in [0.25, 0.3) is 0 Å². The standard InChI is InChI=1S/C6H6N2O2.C3H4N2.C2H3N3/c9-8(10)7-6-4-2-1-3-5-6;1-2-5-3-4-1;1-2-4-5-3-1/h1-5,7H;1-3H,(H,4,5);1-2H,(H,3,4,5). The molecule has 0 aliphatic heterocycles. The Labute approximate surface area is 114 Å². The fourth-order valence-electron chi connectivity index (χ4n) is 1.000. The van der Waals surface area contributed by atoms with Crippen molar-refractivity contribution in [2.24, 2.45) is 0 Å². The van der Waals surface area contributed by atoms with E-state index in [1.165, 1.54) is 0 Å². The number of anilines is 1. The molecule has 0 fully saturated rings. The number of nitrogens with one attached hydrogen (secondary N) is 3. The SMILES string of the molecule is O=[N+]([O-])Nc1ccccc1.c1c[nH]cn1.c1c[nH]nn1. The first-order valence-corrected chi connectivity index (χ1v) is 5.48. The Morgan fingerprint density at radius 2 is 1.95 bits per heavy atom. The average molecular weight is 275 g/mol. The molecule has 9 nitrogen and oxygen atoms in total. The number of aromatic amines is 2. The van der Waals surface area contributed by atoms with Crippen LogP contribution in [0.2, 0.25) is 0 Å². The van der Waals surface area contributed by atoms with Gasteiger partial charge in [-0.15, -0.1) is 10.5 Å². The van der Waals surface area contributed by atoms with Gasteiger partial charge in [-0.3, -0.25) is 5.10 Å². The first kappa shape index (κ1) is 14.8. The number of H-pyrrole nitrogens is 2. The molecule has 3 N–H and O–H groups in total. The van der Waals surface area contributed by atoms with Crippen LogP contribution in [0.1, 0.15) is 0 Å². The number of nitrogens with zero attached hydrogens (tertiary/aromatic N) is 4. The van der Waals surface area contributed by atoms with Crippen LogP contribution in [0.5, 0.6) is 0 Å². The van der Waals surface area contributed by atoms with Crippen molar-refractivity contribution in [1.82, 2.24) is 25.4 Å². The highest BCUT2D eigenvalue weighted by Gasteiger charge is 1.93. The van der Waals surface area contributed by atoms with Crippen LogP contribution in [0.3, 0.4) is 0 Å². The molecule has 1 aromatic carbocycles. The summed E-state index contributed by atoms with van der Waals surface area (Å²) in [6.07, 6.45) is 8.32. The molecule has 0 unspecified atom stereocenters. The first-order chi connectivity index (χ1) is 9.79. The molecule has 0 aliphatic rings. The van der Waals surface area contributed by atoms with E-state index >= 15 is 0 Å². The van der Waals surface area contributed by atoms with E-state index in [1.807, 2.05) is 5.43 Å². The van der Waals surface area contributed by atoms with Crippen molar-refractivity contribution in [1.29, 1.82) is 0 Å². The molecule has 0 bridgehead atoms. The van der Waals surface area contributed by atoms with Gasteiger partial charge in [0.2, 0.25) is 0 Å². The predicted octanol–water partition coefficient (Wildman–Crippen LogP) is 1.50. The van der Waals surface area contributed by atoms with Gasteiger partial charge in [0.1, 0.15) is 5.69 Å². The maximum Gasteiger partial charge on any atom is 0.162 e. The zero-order valence-electron chi connectivity index (χ0n) is 10.4. The van der Waals surface area contributed by atoms with E-state index < -0.39 is 5.03 Å². The Morgan fingerprint density at radius 1 is 1.15 bits per heavy atom. The largest absolute Gasteiger partial charge is 0.351 e. The van der Waals surface area contributed by atoms with Crippen molar-refractivity contribution >= 4 is 5.69 Å². The topological polar surface area (TPSA) is 125 Å². The molecule has 2 aromatic heterocycles. The van der Waals surface area contributed by atoms with E-state index in [-0.39, 0.29) is 0 Å². The lowest BCUT2D eigenvalue weighted by Crippen LogP contribution is -2.06. The molecule has 2 heterocycles. The molecule has 0 saturated heterocycles. The Bertz CT molecular complexity index is 479. The van der Waals surface area contributed by atoms with Gasteiger partial charge in [-0.05, 0) is 12.1 Å². The molecule has 3 aromatic rings. The number of benzene rings is 1. The van der Waals surface area contributed by atoms with Crippen LogP contribution in [0.25, 0.3) is 0 Å². The highest BCUT2D eigenvalue weighted by atomic mass is 16.7. The summed E-state index contributed by atoms with van der Waals surface area (Å²) in [5, 5.41) is 18.5. The second-order valence-corrected chi connectivity index (χ2v) is 3.16. The lowest BCUT2D eigenvalue weighted by molar-refractivity contribution is -0.445. The van der Waals surface area contributed by atoms with Gasteiger partial charge in [0.05, 0.1) is 12.5 Å². The number of rotatable bonds is 2. The second kappa shape index (κ2) is 9.76. The number of nitro groups is 1. The van der Waals surface area contributed by atoms with Gasteiger partial charge in [-0.25, -0.2) is 15.1 Å². The number of aromatic nitrogens is 5. The van der Waals surface area contributed by atoms with Gasteiger partial charge in [-0.1, -0.05) is 23.4 Å². The fraction of sp³-hybridized carbons (Fsp3) is 0. The predicted molar refractivity (Wildman–Crippen MR) is 72.0 cm³/mol. The third kappa shape index (κ3) is 7.95. The highest BCUT2D eigenvalue weighted by Crippen LogP contribution is 2.03. The van der Waals surface area contributed by atoms with E-state index in [1.54, 1.807) is 61.4 Å². The molecule has 3 rings (SSSR count). The fourth-order valence-corrected chi connectivity index (χ4v) is 1.000. The van der Waals surface area contributed by atoms with E-state index in [9.17, 15) is 10.1 Å². The number of imidazole rings is 1. The average Bonchev–Trinajstić information content (AvgIpc) is 3.18. The minimum Gasteiger partial charge on any atom is -0.351 e. The summed E-state index contributed by atoms with van der Waals surface area (Å²) in [6, 6.07) is 8.51. The van der Waals surface area contributed by atoms with Gasteiger partial charge in [0.15, 0.2) is 5.03 Å². The van der Waals surface area contributed by atoms with Crippen molar-refractivity contribution in [2.45, 2.75) is 0 Å². The molecule has 0 spiro atoms. The molecular weight excluding hydrogens is 262 g/mol. The van der Waals surface area contributed by atoms with E-state index in [4.69, 9.17) is 0 Å². The number of hydrogen-bond donors (Lipinski definition) is 3. The molecule has 9 heteroatoms. The molecule has 20 heavy (non-hydrogen) atoms. The van der Waals surface area contributed by atoms with Crippen molar-refractivity contribution in [3.05, 3.63) is 71.6 Å².